The van der Waals surface area contributed by atoms with Crippen LogP contribution in [0.5, 0.6) is 0 Å². The fourth-order valence-electron chi connectivity index (χ4n) is 5.48. The fourth-order valence-corrected chi connectivity index (χ4v) is 5.48. The molecule has 0 saturated carbocycles. The Morgan fingerprint density at radius 1 is 0.622 bits per heavy atom. The Kier molecular flexibility index (Phi) is 9.18. The molecule has 0 aliphatic carbocycles. The topological polar surface area (TPSA) is 140 Å². The van der Waals surface area contributed by atoms with Crippen LogP contribution in [0.3, 0.4) is 0 Å². The van der Waals surface area contributed by atoms with Crippen molar-refractivity contribution < 1.29 is 10.2 Å². The molecule has 0 fully saturated rings. The summed E-state index contributed by atoms with van der Waals surface area (Å²) in [6.07, 6.45) is 7.22. The van der Waals surface area contributed by atoms with Crippen LogP contribution < -0.4 is 21.3 Å². The van der Waals surface area contributed by atoms with Gasteiger partial charge in [-0.2, -0.15) is 0 Å². The summed E-state index contributed by atoms with van der Waals surface area (Å²) in [5, 5.41) is 33.3. The SMILES string of the molecule is Cc1c(Nc2nccc3cc(CNCO)cnc23)cccc1-c1cccc(Nc2nccc3cc(CNCCO)cnc23)c1C. The second-order valence-corrected chi connectivity index (χ2v) is 10.8. The lowest BCUT2D eigenvalue weighted by molar-refractivity contribution is 0.259. The van der Waals surface area contributed by atoms with Crippen LogP contribution in [0.4, 0.5) is 23.0 Å². The number of nitrogens with zero attached hydrogens (tertiary/aromatic N) is 4. The van der Waals surface area contributed by atoms with Gasteiger partial charge in [-0.25, -0.2) is 9.97 Å². The van der Waals surface area contributed by atoms with Crippen LogP contribution in [0.1, 0.15) is 22.3 Å². The third kappa shape index (κ3) is 6.59. The molecule has 0 saturated heterocycles. The molecule has 0 aliphatic rings. The fraction of sp³-hybridized carbons (Fsp3) is 0.200. The van der Waals surface area contributed by atoms with E-state index < -0.39 is 0 Å². The van der Waals surface area contributed by atoms with Crippen molar-refractivity contribution in [2.24, 2.45) is 0 Å². The number of rotatable bonds is 12. The van der Waals surface area contributed by atoms with Gasteiger partial charge < -0.3 is 26.2 Å². The lowest BCUT2D eigenvalue weighted by Crippen LogP contribution is -2.17. The summed E-state index contributed by atoms with van der Waals surface area (Å²) >= 11 is 0. The number of pyridine rings is 4. The second kappa shape index (κ2) is 13.7. The molecule has 6 aromatic rings. The molecule has 10 heteroatoms. The van der Waals surface area contributed by atoms with E-state index in [4.69, 9.17) is 15.2 Å². The summed E-state index contributed by atoms with van der Waals surface area (Å²) < 4.78 is 0. The summed E-state index contributed by atoms with van der Waals surface area (Å²) in [5.74, 6) is 1.38. The molecule has 10 nitrogen and oxygen atoms in total. The third-order valence-corrected chi connectivity index (χ3v) is 7.83. The molecule has 0 amide bonds. The van der Waals surface area contributed by atoms with Gasteiger partial charge in [-0.05, 0) is 83.6 Å². The maximum Gasteiger partial charge on any atom is 0.156 e. The Balaban J connectivity index is 1.28. The number of aliphatic hydroxyl groups excluding tert-OH is 2. The van der Waals surface area contributed by atoms with Crippen molar-refractivity contribution in [3.8, 4) is 11.1 Å². The van der Waals surface area contributed by atoms with E-state index in [1.165, 1.54) is 0 Å². The predicted octanol–water partition coefficient (Wildman–Crippen LogP) is 5.47. The molecule has 0 bridgehead atoms. The summed E-state index contributed by atoms with van der Waals surface area (Å²) in [7, 11) is 0. The molecule has 0 radical (unpaired) electrons. The van der Waals surface area contributed by atoms with Crippen molar-refractivity contribution in [3.63, 3.8) is 0 Å². The highest BCUT2D eigenvalue weighted by atomic mass is 16.3. The number of hydrogen-bond acceptors (Lipinski definition) is 10. The van der Waals surface area contributed by atoms with Gasteiger partial charge in [0.2, 0.25) is 0 Å². The third-order valence-electron chi connectivity index (χ3n) is 7.83. The molecule has 45 heavy (non-hydrogen) atoms. The zero-order valence-corrected chi connectivity index (χ0v) is 25.3. The zero-order chi connectivity index (χ0) is 31.2. The van der Waals surface area contributed by atoms with Gasteiger partial charge in [-0.1, -0.05) is 24.3 Å². The molecule has 6 rings (SSSR count). The number of anilines is 4. The van der Waals surface area contributed by atoms with Gasteiger partial charge in [0.15, 0.2) is 11.6 Å². The molecular weight excluding hydrogens is 564 g/mol. The first-order chi connectivity index (χ1) is 22.1. The standard InChI is InChI=1S/C35H36N8O2/c1-22-28(5-3-7-30(22)42-34-32-26(9-11-38-34)15-24(19-40-32)17-36-13-14-44)29-6-4-8-31(23(29)2)43-35-33-27(10-12-39-35)16-25(20-41-33)18-37-21-45/h3-12,15-16,19-20,36-37,44-45H,13-14,17-18,21H2,1-2H3,(H,38,42)(H,39,43). The lowest BCUT2D eigenvalue weighted by Gasteiger charge is -2.18. The van der Waals surface area contributed by atoms with E-state index in [1.807, 2.05) is 30.5 Å². The molecule has 0 aliphatic heterocycles. The first kappa shape index (κ1) is 30.0. The monoisotopic (exact) mass is 600 g/mol. The van der Waals surface area contributed by atoms with Gasteiger partial charge in [0.25, 0.3) is 0 Å². The van der Waals surface area contributed by atoms with Crippen LogP contribution in [-0.4, -0.2) is 50.0 Å². The predicted molar refractivity (Wildman–Crippen MR) is 180 cm³/mol. The molecule has 228 valence electrons. The second-order valence-electron chi connectivity index (χ2n) is 10.8. The summed E-state index contributed by atoms with van der Waals surface area (Å²) in [6, 6.07) is 20.5. The van der Waals surface area contributed by atoms with Crippen molar-refractivity contribution >= 4 is 44.8 Å². The van der Waals surface area contributed by atoms with Gasteiger partial charge in [0.1, 0.15) is 11.0 Å². The zero-order valence-electron chi connectivity index (χ0n) is 25.3. The molecule has 0 spiro atoms. The number of aromatic nitrogens is 4. The highest BCUT2D eigenvalue weighted by Gasteiger charge is 2.14. The minimum atomic E-state index is -0.0847. The Morgan fingerprint density at radius 3 is 1.62 bits per heavy atom. The van der Waals surface area contributed by atoms with E-state index in [0.29, 0.717) is 31.3 Å². The Bertz CT molecular complexity index is 1960. The van der Waals surface area contributed by atoms with Gasteiger partial charge >= 0.3 is 0 Å². The average Bonchev–Trinajstić information content (AvgIpc) is 3.06. The summed E-state index contributed by atoms with van der Waals surface area (Å²) in [6.45, 7) is 5.95. The summed E-state index contributed by atoms with van der Waals surface area (Å²) in [5.41, 5.74) is 9.90. The molecular formula is C35H36N8O2. The van der Waals surface area contributed by atoms with E-state index in [1.54, 1.807) is 18.6 Å². The Labute approximate surface area is 261 Å². The molecule has 4 aromatic heterocycles. The van der Waals surface area contributed by atoms with Gasteiger partial charge in [0, 0.05) is 66.6 Å². The van der Waals surface area contributed by atoms with Crippen molar-refractivity contribution in [2.45, 2.75) is 26.9 Å². The molecule has 2 aromatic carbocycles. The number of aliphatic hydroxyl groups is 2. The minimum absolute atomic E-state index is 0.0847. The van der Waals surface area contributed by atoms with Crippen LogP contribution in [0.2, 0.25) is 0 Å². The van der Waals surface area contributed by atoms with Crippen molar-refractivity contribution in [1.82, 2.24) is 30.6 Å². The van der Waals surface area contributed by atoms with Crippen LogP contribution in [-0.2, 0) is 13.1 Å². The lowest BCUT2D eigenvalue weighted by atomic mass is 9.94. The van der Waals surface area contributed by atoms with Crippen LogP contribution in [0.25, 0.3) is 32.9 Å². The minimum Gasteiger partial charge on any atom is -0.395 e. The van der Waals surface area contributed by atoms with Crippen LogP contribution in [0, 0.1) is 13.8 Å². The number of hydrogen-bond donors (Lipinski definition) is 6. The maximum atomic E-state index is 9.09. The van der Waals surface area contributed by atoms with Crippen LogP contribution in [0.15, 0.2) is 85.5 Å². The first-order valence-electron chi connectivity index (χ1n) is 14.9. The first-order valence-corrected chi connectivity index (χ1v) is 14.9. The average molecular weight is 601 g/mol. The van der Waals surface area contributed by atoms with E-state index in [0.717, 1.165) is 66.6 Å². The number of nitrogens with one attached hydrogen (secondary N) is 4. The van der Waals surface area contributed by atoms with Crippen molar-refractivity contribution in [3.05, 3.63) is 108 Å². The molecule has 6 N–H and O–H groups in total. The molecule has 4 heterocycles. The van der Waals surface area contributed by atoms with Gasteiger partial charge in [-0.3, -0.25) is 15.3 Å². The number of benzene rings is 2. The van der Waals surface area contributed by atoms with E-state index >= 15 is 0 Å². The highest BCUT2D eigenvalue weighted by molar-refractivity contribution is 5.92. The molecule has 0 atom stereocenters. The quantitative estimate of drug-likeness (QED) is 0.0792. The van der Waals surface area contributed by atoms with Crippen molar-refractivity contribution in [2.75, 3.05) is 30.5 Å². The largest absolute Gasteiger partial charge is 0.395 e. The smallest absolute Gasteiger partial charge is 0.156 e. The van der Waals surface area contributed by atoms with Crippen LogP contribution >= 0.6 is 0 Å². The highest BCUT2D eigenvalue weighted by Crippen LogP contribution is 2.36. The van der Waals surface area contributed by atoms with E-state index in [2.05, 4.69) is 86.5 Å². The Morgan fingerprint density at radius 2 is 1.13 bits per heavy atom. The number of fused-ring (bicyclic) bond motifs is 2. The van der Waals surface area contributed by atoms with E-state index in [9.17, 15) is 0 Å². The Hall–Kier alpha value is -5.00. The van der Waals surface area contributed by atoms with E-state index in [-0.39, 0.29) is 13.3 Å². The normalized spacial score (nSPS) is 11.3. The molecule has 0 unspecified atom stereocenters. The summed E-state index contributed by atoms with van der Waals surface area (Å²) in [4.78, 5) is 18.6. The van der Waals surface area contributed by atoms with Gasteiger partial charge in [0.05, 0.1) is 13.3 Å². The van der Waals surface area contributed by atoms with Gasteiger partial charge in [-0.15, -0.1) is 0 Å². The van der Waals surface area contributed by atoms with Crippen molar-refractivity contribution in [1.29, 1.82) is 0 Å². The maximum absolute atomic E-state index is 9.09.